The summed E-state index contributed by atoms with van der Waals surface area (Å²) in [6.45, 7) is 6.64. The minimum Gasteiger partial charge on any atom is -0.353 e. The van der Waals surface area contributed by atoms with Crippen molar-refractivity contribution in [2.75, 3.05) is 6.54 Å². The molecule has 1 amide bonds. The van der Waals surface area contributed by atoms with Crippen LogP contribution in [0.5, 0.6) is 0 Å². The predicted octanol–water partition coefficient (Wildman–Crippen LogP) is 1.73. The van der Waals surface area contributed by atoms with Gasteiger partial charge in [-0.15, -0.1) is 0 Å². The maximum absolute atomic E-state index is 11.6. The summed E-state index contributed by atoms with van der Waals surface area (Å²) < 4.78 is 0. The summed E-state index contributed by atoms with van der Waals surface area (Å²) >= 11 is 0. The van der Waals surface area contributed by atoms with Crippen molar-refractivity contribution >= 4 is 5.91 Å². The standard InChI is InChI=1S/C14H22N2O/c1-11(2)16-14(17)12(3)15-10-9-13-7-5-4-6-8-13/h4-8,11-12,15H,9-10H2,1-3H3,(H,16,17). The lowest BCUT2D eigenvalue weighted by Crippen LogP contribution is -2.45. The van der Waals surface area contributed by atoms with Gasteiger partial charge in [0.2, 0.25) is 5.91 Å². The fourth-order valence-electron chi connectivity index (χ4n) is 1.58. The van der Waals surface area contributed by atoms with Crippen LogP contribution < -0.4 is 10.6 Å². The van der Waals surface area contributed by atoms with Crippen LogP contribution in [0.4, 0.5) is 0 Å². The number of carbonyl (C=O) groups excluding carboxylic acids is 1. The molecule has 1 aromatic rings. The van der Waals surface area contributed by atoms with Crippen molar-refractivity contribution in [2.45, 2.75) is 39.3 Å². The first kappa shape index (κ1) is 13.7. The van der Waals surface area contributed by atoms with E-state index in [-0.39, 0.29) is 18.0 Å². The van der Waals surface area contributed by atoms with Gasteiger partial charge in [-0.3, -0.25) is 4.79 Å². The second kappa shape index (κ2) is 7.07. The maximum atomic E-state index is 11.6. The van der Waals surface area contributed by atoms with Crippen molar-refractivity contribution in [1.29, 1.82) is 0 Å². The van der Waals surface area contributed by atoms with E-state index in [1.165, 1.54) is 5.56 Å². The van der Waals surface area contributed by atoms with Crippen LogP contribution in [0.1, 0.15) is 26.3 Å². The number of benzene rings is 1. The van der Waals surface area contributed by atoms with Crippen LogP contribution in [0.15, 0.2) is 30.3 Å². The van der Waals surface area contributed by atoms with E-state index in [4.69, 9.17) is 0 Å². The van der Waals surface area contributed by atoms with Crippen LogP contribution in [-0.4, -0.2) is 24.5 Å². The molecule has 1 unspecified atom stereocenters. The Hall–Kier alpha value is -1.35. The number of rotatable bonds is 6. The van der Waals surface area contributed by atoms with Crippen molar-refractivity contribution < 1.29 is 4.79 Å². The molecule has 0 aliphatic heterocycles. The normalized spacial score (nSPS) is 12.5. The van der Waals surface area contributed by atoms with Gasteiger partial charge in [-0.05, 0) is 39.3 Å². The Labute approximate surface area is 104 Å². The molecule has 1 rings (SSSR count). The monoisotopic (exact) mass is 234 g/mol. The lowest BCUT2D eigenvalue weighted by atomic mass is 10.1. The molecule has 0 spiro atoms. The van der Waals surface area contributed by atoms with E-state index in [0.29, 0.717) is 0 Å². The van der Waals surface area contributed by atoms with Crippen LogP contribution in [-0.2, 0) is 11.2 Å². The summed E-state index contributed by atoms with van der Waals surface area (Å²) in [5.41, 5.74) is 1.29. The quantitative estimate of drug-likeness (QED) is 0.787. The second-order valence-electron chi connectivity index (χ2n) is 4.57. The molecule has 1 aromatic carbocycles. The number of carbonyl (C=O) groups is 1. The highest BCUT2D eigenvalue weighted by atomic mass is 16.2. The summed E-state index contributed by atoms with van der Waals surface area (Å²) in [6, 6.07) is 10.3. The van der Waals surface area contributed by atoms with Gasteiger partial charge in [-0.2, -0.15) is 0 Å². The fraction of sp³-hybridized carbons (Fsp3) is 0.500. The van der Waals surface area contributed by atoms with Gasteiger partial charge in [0.05, 0.1) is 6.04 Å². The molecule has 3 heteroatoms. The zero-order valence-electron chi connectivity index (χ0n) is 10.9. The summed E-state index contributed by atoms with van der Waals surface area (Å²) in [6.07, 6.45) is 0.945. The van der Waals surface area contributed by atoms with E-state index in [9.17, 15) is 4.79 Å². The third kappa shape index (κ3) is 5.50. The molecule has 0 heterocycles. The van der Waals surface area contributed by atoms with Crippen LogP contribution in [0.25, 0.3) is 0 Å². The molecular formula is C14H22N2O. The molecule has 0 aliphatic carbocycles. The zero-order chi connectivity index (χ0) is 12.7. The topological polar surface area (TPSA) is 41.1 Å². The Kier molecular flexibility index (Phi) is 5.70. The SMILES string of the molecule is CC(C)NC(=O)C(C)NCCc1ccccc1. The summed E-state index contributed by atoms with van der Waals surface area (Å²) in [4.78, 5) is 11.6. The molecule has 0 radical (unpaired) electrons. The van der Waals surface area contributed by atoms with Gasteiger partial charge in [0.25, 0.3) is 0 Å². The molecule has 0 saturated carbocycles. The molecule has 0 bridgehead atoms. The first-order valence-corrected chi connectivity index (χ1v) is 6.17. The van der Waals surface area contributed by atoms with E-state index < -0.39 is 0 Å². The highest BCUT2D eigenvalue weighted by molar-refractivity contribution is 5.81. The van der Waals surface area contributed by atoms with Crippen molar-refractivity contribution in [3.63, 3.8) is 0 Å². The Morgan fingerprint density at radius 2 is 1.82 bits per heavy atom. The Morgan fingerprint density at radius 1 is 1.18 bits per heavy atom. The summed E-state index contributed by atoms with van der Waals surface area (Å²) in [5.74, 6) is 0.0630. The van der Waals surface area contributed by atoms with Crippen LogP contribution in [0.3, 0.4) is 0 Å². The molecular weight excluding hydrogens is 212 g/mol. The molecule has 94 valence electrons. The van der Waals surface area contributed by atoms with Gasteiger partial charge in [0.15, 0.2) is 0 Å². The molecule has 17 heavy (non-hydrogen) atoms. The molecule has 0 aliphatic rings. The average Bonchev–Trinajstić information content (AvgIpc) is 2.29. The van der Waals surface area contributed by atoms with Crippen molar-refractivity contribution in [3.05, 3.63) is 35.9 Å². The van der Waals surface area contributed by atoms with E-state index in [1.54, 1.807) is 0 Å². The molecule has 0 fully saturated rings. The van der Waals surface area contributed by atoms with Crippen LogP contribution in [0, 0.1) is 0 Å². The van der Waals surface area contributed by atoms with Crippen LogP contribution in [0.2, 0.25) is 0 Å². The first-order valence-electron chi connectivity index (χ1n) is 6.17. The van der Waals surface area contributed by atoms with Gasteiger partial charge in [-0.25, -0.2) is 0 Å². The summed E-state index contributed by atoms with van der Waals surface area (Å²) in [7, 11) is 0. The van der Waals surface area contributed by atoms with E-state index in [0.717, 1.165) is 13.0 Å². The van der Waals surface area contributed by atoms with Gasteiger partial charge >= 0.3 is 0 Å². The third-order valence-electron chi connectivity index (χ3n) is 2.53. The Balaban J connectivity index is 2.24. The third-order valence-corrected chi connectivity index (χ3v) is 2.53. The number of nitrogens with one attached hydrogen (secondary N) is 2. The summed E-state index contributed by atoms with van der Waals surface area (Å²) in [5, 5.41) is 6.11. The molecule has 0 saturated heterocycles. The van der Waals surface area contributed by atoms with Crippen molar-refractivity contribution in [2.24, 2.45) is 0 Å². The van der Waals surface area contributed by atoms with Gasteiger partial charge < -0.3 is 10.6 Å². The highest BCUT2D eigenvalue weighted by Crippen LogP contribution is 1.98. The first-order chi connectivity index (χ1) is 8.09. The maximum Gasteiger partial charge on any atom is 0.237 e. The lowest BCUT2D eigenvalue weighted by molar-refractivity contribution is -0.123. The lowest BCUT2D eigenvalue weighted by Gasteiger charge is -2.15. The van der Waals surface area contributed by atoms with Crippen molar-refractivity contribution in [1.82, 2.24) is 10.6 Å². The predicted molar refractivity (Wildman–Crippen MR) is 70.9 cm³/mol. The van der Waals surface area contributed by atoms with Crippen LogP contribution >= 0.6 is 0 Å². The van der Waals surface area contributed by atoms with E-state index in [1.807, 2.05) is 39.0 Å². The fourth-order valence-corrected chi connectivity index (χ4v) is 1.58. The average molecular weight is 234 g/mol. The smallest absolute Gasteiger partial charge is 0.237 e. The molecule has 0 aromatic heterocycles. The number of amides is 1. The number of hydrogen-bond donors (Lipinski definition) is 2. The van der Waals surface area contributed by atoms with Gasteiger partial charge in [0.1, 0.15) is 0 Å². The van der Waals surface area contributed by atoms with Gasteiger partial charge in [0, 0.05) is 6.04 Å². The zero-order valence-corrected chi connectivity index (χ0v) is 10.9. The molecule has 2 N–H and O–H groups in total. The largest absolute Gasteiger partial charge is 0.353 e. The van der Waals surface area contributed by atoms with Crippen molar-refractivity contribution in [3.8, 4) is 0 Å². The minimum absolute atomic E-state index is 0.0630. The van der Waals surface area contributed by atoms with Gasteiger partial charge in [-0.1, -0.05) is 30.3 Å². The second-order valence-corrected chi connectivity index (χ2v) is 4.57. The molecule has 1 atom stereocenters. The minimum atomic E-state index is -0.138. The van der Waals surface area contributed by atoms with E-state index in [2.05, 4.69) is 22.8 Å². The Bertz CT molecular complexity index is 335. The molecule has 3 nitrogen and oxygen atoms in total. The highest BCUT2D eigenvalue weighted by Gasteiger charge is 2.11. The number of hydrogen-bond acceptors (Lipinski definition) is 2. The van der Waals surface area contributed by atoms with E-state index >= 15 is 0 Å². The Morgan fingerprint density at radius 3 is 2.41 bits per heavy atom.